The van der Waals surface area contributed by atoms with Gasteiger partial charge in [-0.2, -0.15) is 5.26 Å². The standard InChI is InChI=1S/C19H28N4/c1-22-9-7-19(8-10-22)23-11-5-18(6-12-23)21-15-17-4-2-3-16(13-17)14-20/h2-4,13,18-19,21H,5-12,15H2,1H3. The molecule has 4 nitrogen and oxygen atoms in total. The van der Waals surface area contributed by atoms with E-state index in [0.29, 0.717) is 6.04 Å². The Labute approximate surface area is 140 Å². The summed E-state index contributed by atoms with van der Waals surface area (Å²) >= 11 is 0. The molecule has 2 aliphatic rings. The third kappa shape index (κ3) is 4.54. The van der Waals surface area contributed by atoms with Crippen molar-refractivity contribution < 1.29 is 0 Å². The summed E-state index contributed by atoms with van der Waals surface area (Å²) in [4.78, 5) is 5.15. The topological polar surface area (TPSA) is 42.3 Å². The molecule has 1 N–H and O–H groups in total. The minimum absolute atomic E-state index is 0.614. The maximum atomic E-state index is 8.97. The number of hydrogen-bond acceptors (Lipinski definition) is 4. The molecule has 0 spiro atoms. The van der Waals surface area contributed by atoms with Gasteiger partial charge in [0.25, 0.3) is 0 Å². The molecule has 4 heteroatoms. The number of nitrogens with one attached hydrogen (secondary N) is 1. The smallest absolute Gasteiger partial charge is 0.0991 e. The van der Waals surface area contributed by atoms with Crippen LogP contribution in [0.15, 0.2) is 24.3 Å². The molecule has 0 atom stereocenters. The van der Waals surface area contributed by atoms with E-state index >= 15 is 0 Å². The molecular formula is C19H28N4. The highest BCUT2D eigenvalue weighted by Gasteiger charge is 2.27. The van der Waals surface area contributed by atoms with Gasteiger partial charge in [0, 0.05) is 18.6 Å². The number of piperidine rings is 2. The lowest BCUT2D eigenvalue weighted by Gasteiger charge is -2.41. The third-order valence-corrected chi connectivity index (χ3v) is 5.38. The third-order valence-electron chi connectivity index (χ3n) is 5.38. The summed E-state index contributed by atoms with van der Waals surface area (Å²) in [5, 5.41) is 12.6. The fourth-order valence-electron chi connectivity index (χ4n) is 3.84. The zero-order valence-corrected chi connectivity index (χ0v) is 14.2. The van der Waals surface area contributed by atoms with Gasteiger partial charge in [-0.3, -0.25) is 0 Å². The van der Waals surface area contributed by atoms with Crippen LogP contribution in [0, 0.1) is 11.3 Å². The SMILES string of the molecule is CN1CCC(N2CCC(NCc3cccc(C#N)c3)CC2)CC1. The largest absolute Gasteiger partial charge is 0.310 e. The molecule has 0 saturated carbocycles. The summed E-state index contributed by atoms with van der Waals surface area (Å²) in [7, 11) is 2.23. The van der Waals surface area contributed by atoms with Crippen molar-refractivity contribution in [3.05, 3.63) is 35.4 Å². The van der Waals surface area contributed by atoms with Gasteiger partial charge in [-0.1, -0.05) is 12.1 Å². The molecule has 3 rings (SSSR count). The highest BCUT2D eigenvalue weighted by atomic mass is 15.2. The molecule has 0 aromatic heterocycles. The maximum Gasteiger partial charge on any atom is 0.0991 e. The zero-order valence-electron chi connectivity index (χ0n) is 14.2. The Morgan fingerprint density at radius 1 is 1.13 bits per heavy atom. The predicted octanol–water partition coefficient (Wildman–Crippen LogP) is 2.21. The monoisotopic (exact) mass is 312 g/mol. The predicted molar refractivity (Wildman–Crippen MR) is 93.1 cm³/mol. The molecule has 23 heavy (non-hydrogen) atoms. The number of hydrogen-bond donors (Lipinski definition) is 1. The van der Waals surface area contributed by atoms with Gasteiger partial charge in [-0.05, 0) is 76.6 Å². The van der Waals surface area contributed by atoms with Crippen LogP contribution < -0.4 is 5.32 Å². The molecule has 0 bridgehead atoms. The molecular weight excluding hydrogens is 284 g/mol. The lowest BCUT2D eigenvalue weighted by molar-refractivity contribution is 0.0921. The first kappa shape index (κ1) is 16.4. The van der Waals surface area contributed by atoms with Crippen LogP contribution >= 0.6 is 0 Å². The van der Waals surface area contributed by atoms with Crippen LogP contribution in [0.25, 0.3) is 0 Å². The number of nitriles is 1. The Hall–Kier alpha value is -1.41. The van der Waals surface area contributed by atoms with Gasteiger partial charge >= 0.3 is 0 Å². The van der Waals surface area contributed by atoms with Gasteiger partial charge in [-0.15, -0.1) is 0 Å². The molecule has 2 heterocycles. The van der Waals surface area contributed by atoms with Gasteiger partial charge in [0.05, 0.1) is 11.6 Å². The fourth-order valence-corrected chi connectivity index (χ4v) is 3.84. The van der Waals surface area contributed by atoms with Crippen molar-refractivity contribution in [3.63, 3.8) is 0 Å². The Kier molecular flexibility index (Phi) is 5.66. The van der Waals surface area contributed by atoms with Crippen LogP contribution in [0.2, 0.25) is 0 Å². The summed E-state index contributed by atoms with van der Waals surface area (Å²) in [6.45, 7) is 5.82. The first-order valence-electron chi connectivity index (χ1n) is 8.89. The second-order valence-electron chi connectivity index (χ2n) is 7.04. The van der Waals surface area contributed by atoms with Crippen LogP contribution in [-0.4, -0.2) is 55.1 Å². The van der Waals surface area contributed by atoms with Crippen molar-refractivity contribution in [1.82, 2.24) is 15.1 Å². The lowest BCUT2D eigenvalue weighted by Crippen LogP contribution is -2.49. The van der Waals surface area contributed by atoms with E-state index in [1.54, 1.807) is 0 Å². The average molecular weight is 312 g/mol. The van der Waals surface area contributed by atoms with E-state index in [0.717, 1.165) is 18.2 Å². The van der Waals surface area contributed by atoms with Gasteiger partial charge in [0.1, 0.15) is 0 Å². The summed E-state index contributed by atoms with van der Waals surface area (Å²) in [5.74, 6) is 0. The molecule has 0 unspecified atom stereocenters. The quantitative estimate of drug-likeness (QED) is 0.925. The molecule has 2 aliphatic heterocycles. The molecule has 0 amide bonds. The van der Waals surface area contributed by atoms with Crippen molar-refractivity contribution in [1.29, 1.82) is 5.26 Å². The van der Waals surface area contributed by atoms with E-state index < -0.39 is 0 Å². The highest BCUT2D eigenvalue weighted by Crippen LogP contribution is 2.20. The number of likely N-dealkylation sites (tertiary alicyclic amines) is 2. The van der Waals surface area contributed by atoms with Crippen LogP contribution in [-0.2, 0) is 6.54 Å². The molecule has 0 radical (unpaired) electrons. The Balaban J connectivity index is 1.41. The Morgan fingerprint density at radius 2 is 1.87 bits per heavy atom. The normalized spacial score (nSPS) is 22.1. The fraction of sp³-hybridized carbons (Fsp3) is 0.632. The van der Waals surface area contributed by atoms with Crippen molar-refractivity contribution in [3.8, 4) is 6.07 Å². The Morgan fingerprint density at radius 3 is 2.57 bits per heavy atom. The van der Waals surface area contributed by atoms with E-state index in [1.165, 1.54) is 57.4 Å². The molecule has 1 aromatic carbocycles. The van der Waals surface area contributed by atoms with Gasteiger partial charge in [-0.25, -0.2) is 0 Å². The molecule has 0 aliphatic carbocycles. The first-order chi connectivity index (χ1) is 11.2. The average Bonchev–Trinajstić information content (AvgIpc) is 2.61. The van der Waals surface area contributed by atoms with Gasteiger partial charge in [0.2, 0.25) is 0 Å². The maximum absolute atomic E-state index is 8.97. The number of nitrogens with zero attached hydrogens (tertiary/aromatic N) is 3. The summed E-state index contributed by atoms with van der Waals surface area (Å²) in [5.41, 5.74) is 1.96. The highest BCUT2D eigenvalue weighted by molar-refractivity contribution is 5.32. The van der Waals surface area contributed by atoms with Crippen LogP contribution in [0.5, 0.6) is 0 Å². The van der Waals surface area contributed by atoms with E-state index in [1.807, 2.05) is 18.2 Å². The van der Waals surface area contributed by atoms with E-state index in [4.69, 9.17) is 5.26 Å². The minimum Gasteiger partial charge on any atom is -0.310 e. The summed E-state index contributed by atoms with van der Waals surface area (Å²) in [6.07, 6.45) is 5.14. The van der Waals surface area contributed by atoms with Crippen molar-refractivity contribution in [2.45, 2.75) is 44.3 Å². The molecule has 1 aromatic rings. The van der Waals surface area contributed by atoms with E-state index in [9.17, 15) is 0 Å². The van der Waals surface area contributed by atoms with Gasteiger partial charge < -0.3 is 15.1 Å². The van der Waals surface area contributed by atoms with E-state index in [-0.39, 0.29) is 0 Å². The van der Waals surface area contributed by atoms with Crippen molar-refractivity contribution in [2.75, 3.05) is 33.2 Å². The first-order valence-corrected chi connectivity index (χ1v) is 8.89. The second-order valence-corrected chi connectivity index (χ2v) is 7.04. The Bertz CT molecular complexity index is 535. The molecule has 124 valence electrons. The van der Waals surface area contributed by atoms with E-state index in [2.05, 4.69) is 34.3 Å². The number of rotatable bonds is 4. The summed E-state index contributed by atoms with van der Waals surface area (Å²) < 4.78 is 0. The summed E-state index contributed by atoms with van der Waals surface area (Å²) in [6, 6.07) is 11.6. The molecule has 2 fully saturated rings. The van der Waals surface area contributed by atoms with Crippen LogP contribution in [0.1, 0.15) is 36.8 Å². The molecule has 2 saturated heterocycles. The van der Waals surface area contributed by atoms with Crippen LogP contribution in [0.3, 0.4) is 0 Å². The van der Waals surface area contributed by atoms with Crippen LogP contribution in [0.4, 0.5) is 0 Å². The van der Waals surface area contributed by atoms with Crippen molar-refractivity contribution >= 4 is 0 Å². The lowest BCUT2D eigenvalue weighted by atomic mass is 9.98. The zero-order chi connectivity index (χ0) is 16.1. The minimum atomic E-state index is 0.614. The van der Waals surface area contributed by atoms with Gasteiger partial charge in [0.15, 0.2) is 0 Å². The second kappa shape index (κ2) is 7.92. The van der Waals surface area contributed by atoms with Crippen molar-refractivity contribution in [2.24, 2.45) is 0 Å². The number of benzene rings is 1.